The van der Waals surface area contributed by atoms with Gasteiger partial charge in [-0.15, -0.1) is 0 Å². The number of H-pyrrole nitrogens is 1. The fourth-order valence-electron chi connectivity index (χ4n) is 11.5. The Morgan fingerprint density at radius 1 is 0.303 bits per heavy atom. The molecule has 14 aromatic carbocycles. The third-order valence-electron chi connectivity index (χ3n) is 17.6. The summed E-state index contributed by atoms with van der Waals surface area (Å²) in [6.07, 6.45) is 7.33. The molecule has 16 N–H and O–H groups in total. The molecule has 5 amide bonds. The van der Waals surface area contributed by atoms with E-state index >= 15 is 0 Å². The summed E-state index contributed by atoms with van der Waals surface area (Å²) in [5.41, 5.74) is 16.6. The van der Waals surface area contributed by atoms with E-state index in [-0.39, 0.29) is 74.2 Å². The monoisotopic (exact) mass is 1640 g/mol. The predicted molar refractivity (Wildman–Crippen MR) is 457 cm³/mol. The molecule has 1 aromatic heterocycles. The van der Waals surface area contributed by atoms with E-state index in [1.165, 1.54) is 97.8 Å². The molecule has 122 heavy (non-hydrogen) atoms. The van der Waals surface area contributed by atoms with Crippen molar-refractivity contribution in [2.75, 3.05) is 0 Å². The lowest BCUT2D eigenvalue weighted by Gasteiger charge is -2.05. The first-order chi connectivity index (χ1) is 58.9. The maximum Gasteiger partial charge on any atom is 0.311 e. The summed E-state index contributed by atoms with van der Waals surface area (Å²) >= 11 is 0. The van der Waals surface area contributed by atoms with E-state index in [0.29, 0.717) is 33.0 Å². The molecule has 0 bridgehead atoms. The zero-order valence-corrected chi connectivity index (χ0v) is 63.2. The fourth-order valence-corrected chi connectivity index (χ4v) is 11.5. The van der Waals surface area contributed by atoms with Crippen molar-refractivity contribution in [1.82, 2.24) is 37.3 Å². The van der Waals surface area contributed by atoms with E-state index in [1.807, 2.05) is 127 Å². The normalized spacial score (nSPS) is 10.9. The van der Waals surface area contributed by atoms with E-state index in [2.05, 4.69) is 62.8 Å². The van der Waals surface area contributed by atoms with Gasteiger partial charge >= 0.3 is 11.4 Å². The molecule has 0 saturated heterocycles. The van der Waals surface area contributed by atoms with Crippen LogP contribution in [0, 0.1) is 20.2 Å². The number of fused-ring (bicyclic) bond motifs is 4. The van der Waals surface area contributed by atoms with Gasteiger partial charge in [-0.2, -0.15) is 30.6 Å². The molecule has 15 aromatic rings. The van der Waals surface area contributed by atoms with Crippen molar-refractivity contribution in [2.45, 2.75) is 0 Å². The van der Waals surface area contributed by atoms with Gasteiger partial charge in [-0.3, -0.25) is 49.3 Å². The molecule has 0 fully saturated rings. The summed E-state index contributed by atoms with van der Waals surface area (Å²) < 4.78 is 0. The highest BCUT2D eigenvalue weighted by Gasteiger charge is 2.20. The topological polar surface area (TPSA) is 525 Å². The molecule has 0 unspecified atom stereocenters. The average molecular weight is 1640 g/mol. The number of hydrogen-bond donors (Lipinski definition) is 16. The largest absolute Gasteiger partial charge is 0.508 e. The minimum atomic E-state index is -0.780. The van der Waals surface area contributed by atoms with Crippen LogP contribution in [0.4, 0.5) is 11.4 Å². The van der Waals surface area contributed by atoms with E-state index in [1.54, 1.807) is 54.6 Å². The number of nitrogens with zero attached hydrogens (tertiary/aromatic N) is 8. The van der Waals surface area contributed by atoms with Crippen LogP contribution in [0.3, 0.4) is 0 Å². The summed E-state index contributed by atoms with van der Waals surface area (Å²) in [5.74, 6) is -4.34. The van der Waals surface area contributed by atoms with E-state index in [9.17, 15) is 95.3 Å². The summed E-state index contributed by atoms with van der Waals surface area (Å²) in [4.78, 5) is 80.0. The van der Waals surface area contributed by atoms with Gasteiger partial charge in [0, 0.05) is 84.4 Å². The van der Waals surface area contributed by atoms with E-state index in [0.717, 1.165) is 91.3 Å². The number of aromatic hydroxyl groups is 10. The number of carbonyl (C=O) groups excluding carboxylic acids is 5. The number of hydrogen-bond acceptors (Lipinski definition) is 25. The smallest absolute Gasteiger partial charge is 0.311 e. The first-order valence-electron chi connectivity index (χ1n) is 36.0. The number of amides is 5. The molecule has 0 saturated carbocycles. The first kappa shape index (κ1) is 84.7. The molecular formula is C89H68N14O19. The fraction of sp³-hybridized carbons (Fsp3) is 0. The van der Waals surface area contributed by atoms with Crippen molar-refractivity contribution >= 4 is 115 Å². The van der Waals surface area contributed by atoms with Crippen LogP contribution in [-0.4, -0.2) is 132 Å². The summed E-state index contributed by atoms with van der Waals surface area (Å²) in [7, 11) is 0. The molecule has 0 aliphatic heterocycles. The van der Waals surface area contributed by atoms with Gasteiger partial charge in [-0.25, -0.2) is 27.1 Å². The quantitative estimate of drug-likeness (QED) is 0.0164. The van der Waals surface area contributed by atoms with Gasteiger partial charge < -0.3 is 51.1 Å². The van der Waals surface area contributed by atoms with Crippen LogP contribution in [-0.2, 0) is 0 Å². The standard InChI is InChI=1S/C18H13N3O5.C18H13N3O4.2C18H14N2O4.C17H14N4O2/c22-16-7-6-12(13-3-1-2-4-14(13)16)10-19-20-18(24)11-5-8-17(23)15(9-11)21(25)26;22-17-9-8-13(10-16(17)21(24)25)18(23)20-19-11-14-6-3-5-12-4-1-2-7-15(12)14;21-12-6-7-15(17(23)9-12)18(24)20-19-10-11-5-8-16(22)14-4-2-1-3-13(11)14;21-15-7-6-12(13-3-1-2-4-14(13)15)10-19-20-18(24)11-5-8-16(22)17(23)9-11;22-15-8-6-13(7-9-15)17(23)21-18-11-14-10-16(20-19-14)12-4-2-1-3-5-12/h1-10,22-23H,(H,20,24);1-11,22H,(H,20,23);2*1-10,21-23H,(H,20,24);1-11,22H,(H,19,20)(H,21,23)/b19-10+;19-11+;2*19-10+;18-11+. The van der Waals surface area contributed by atoms with Crippen molar-refractivity contribution in [3.8, 4) is 68.8 Å². The van der Waals surface area contributed by atoms with Crippen molar-refractivity contribution < 1.29 is 84.9 Å². The summed E-state index contributed by atoms with van der Waals surface area (Å²) in [5, 5.41) is 150. The van der Waals surface area contributed by atoms with Gasteiger partial charge in [0.2, 0.25) is 0 Å². The Labute approximate surface area is 689 Å². The Bertz CT molecular complexity index is 6590. The minimum Gasteiger partial charge on any atom is -0.508 e. The van der Waals surface area contributed by atoms with Crippen LogP contribution in [0.2, 0.25) is 0 Å². The highest BCUT2D eigenvalue weighted by Crippen LogP contribution is 2.33. The number of phenolic OH excluding ortho intramolecular Hbond substituents is 10. The Morgan fingerprint density at radius 2 is 0.664 bits per heavy atom. The Hall–Kier alpha value is -18.2. The summed E-state index contributed by atoms with van der Waals surface area (Å²) in [6, 6.07) is 76.5. The van der Waals surface area contributed by atoms with Crippen molar-refractivity contribution in [1.29, 1.82) is 0 Å². The molecule has 0 aliphatic carbocycles. The average Bonchev–Trinajstić information content (AvgIpc) is 0.995. The number of nitrogens with one attached hydrogen (secondary N) is 6. The van der Waals surface area contributed by atoms with Crippen LogP contribution in [0.5, 0.6) is 57.5 Å². The van der Waals surface area contributed by atoms with Gasteiger partial charge in [-0.1, -0.05) is 146 Å². The predicted octanol–water partition coefficient (Wildman–Crippen LogP) is 14.1. The van der Waals surface area contributed by atoms with Crippen molar-refractivity contribution in [3.05, 3.63) is 361 Å². The maximum absolute atomic E-state index is 12.1. The molecule has 33 nitrogen and oxygen atoms in total. The first-order valence-corrected chi connectivity index (χ1v) is 36.0. The van der Waals surface area contributed by atoms with Gasteiger partial charge in [0.25, 0.3) is 29.5 Å². The lowest BCUT2D eigenvalue weighted by atomic mass is 10.0. The molecule has 0 radical (unpaired) electrons. The number of aromatic amines is 1. The zero-order valence-electron chi connectivity index (χ0n) is 63.2. The lowest BCUT2D eigenvalue weighted by Crippen LogP contribution is -2.17. The van der Waals surface area contributed by atoms with Gasteiger partial charge in [-0.05, 0) is 148 Å². The molecule has 0 aliphatic rings. The molecular weight excluding hydrogens is 1570 g/mol. The van der Waals surface area contributed by atoms with Crippen LogP contribution in [0.1, 0.15) is 79.7 Å². The Kier molecular flexibility index (Phi) is 27.9. The molecule has 608 valence electrons. The number of nitro benzene ring substituents is 2. The third-order valence-corrected chi connectivity index (χ3v) is 17.6. The number of carbonyl (C=O) groups is 5. The second kappa shape index (κ2) is 40.2. The molecule has 0 spiro atoms. The molecule has 1 heterocycles. The van der Waals surface area contributed by atoms with Gasteiger partial charge in [0.15, 0.2) is 23.0 Å². The third kappa shape index (κ3) is 22.2. The zero-order chi connectivity index (χ0) is 86.8. The molecule has 33 heteroatoms. The Morgan fingerprint density at radius 3 is 1.11 bits per heavy atom. The van der Waals surface area contributed by atoms with Crippen molar-refractivity contribution in [3.63, 3.8) is 0 Å². The number of benzene rings is 14. The van der Waals surface area contributed by atoms with E-state index < -0.39 is 56.3 Å². The SMILES string of the molecule is O=C(N/N=C/c1cc(-c2ccccc2)n[nH]1)c1ccc(O)cc1.O=C(N/N=C/c1ccc(O)c2ccccc12)c1ccc(O)c(O)c1.O=C(N/N=C/c1ccc(O)c2ccccc12)c1ccc(O)c([N+](=O)[O-])c1.O=C(N/N=C/c1ccc(O)c2ccccc12)c1ccc(O)cc1O.O=C(N/N=C/c1cccc2ccccc12)c1ccc(O)c([N+](=O)[O-])c1. The van der Waals surface area contributed by atoms with Crippen LogP contribution in [0.15, 0.2) is 311 Å². The van der Waals surface area contributed by atoms with Gasteiger partial charge in [0.05, 0.1) is 57.9 Å². The maximum atomic E-state index is 12.1. The summed E-state index contributed by atoms with van der Waals surface area (Å²) in [6.45, 7) is 0. The lowest BCUT2D eigenvalue weighted by molar-refractivity contribution is -0.386. The second-order valence-corrected chi connectivity index (χ2v) is 25.7. The number of rotatable bonds is 18. The van der Waals surface area contributed by atoms with E-state index in [4.69, 9.17) is 0 Å². The van der Waals surface area contributed by atoms with Crippen molar-refractivity contribution in [2.24, 2.45) is 25.5 Å². The highest BCUT2D eigenvalue weighted by molar-refractivity contribution is 6.07. The minimum absolute atomic E-state index is 0.000476. The van der Waals surface area contributed by atoms with Crippen LogP contribution < -0.4 is 27.1 Å². The number of phenols is 10. The van der Waals surface area contributed by atoms with Gasteiger partial charge in [0.1, 0.15) is 34.5 Å². The highest BCUT2D eigenvalue weighted by atomic mass is 16.6. The number of aromatic nitrogens is 2. The molecule has 0 atom stereocenters. The molecule has 15 rings (SSSR count). The Balaban J connectivity index is 0.000000149. The number of hydrazone groups is 5. The number of nitro groups is 2. The van der Waals surface area contributed by atoms with Crippen LogP contribution in [0.25, 0.3) is 54.3 Å². The second-order valence-electron chi connectivity index (χ2n) is 25.7. The van der Waals surface area contributed by atoms with Crippen LogP contribution >= 0.6 is 0 Å².